The third-order valence-corrected chi connectivity index (χ3v) is 6.72. The number of carbonyl (C=O) groups is 1. The maximum Gasteiger partial charge on any atom is 0.287 e. The van der Waals surface area contributed by atoms with Crippen LogP contribution in [0.4, 0.5) is 5.82 Å². The highest BCUT2D eigenvalue weighted by Crippen LogP contribution is 2.29. The topological polar surface area (TPSA) is 132 Å². The van der Waals surface area contributed by atoms with Crippen molar-refractivity contribution in [1.29, 1.82) is 0 Å². The number of fused-ring (bicyclic) bond motifs is 1. The zero-order valence-electron chi connectivity index (χ0n) is 20.0. The number of nitrogens with one attached hydrogen (secondary N) is 1. The molecule has 0 radical (unpaired) electrons. The normalized spacial score (nSPS) is 14.3. The van der Waals surface area contributed by atoms with E-state index in [1.165, 1.54) is 6.07 Å². The number of ether oxygens (including phenoxy) is 1. The van der Waals surface area contributed by atoms with Gasteiger partial charge in [-0.15, -0.1) is 0 Å². The quantitative estimate of drug-likeness (QED) is 0.396. The highest BCUT2D eigenvalue weighted by atomic mass is 32.2. The molecule has 0 atom stereocenters. The summed E-state index contributed by atoms with van der Waals surface area (Å²) in [5.74, 6) is 0.228. The number of hydrogen-bond acceptors (Lipinski definition) is 9. The van der Waals surface area contributed by atoms with E-state index in [0.717, 1.165) is 22.9 Å². The summed E-state index contributed by atoms with van der Waals surface area (Å²) in [4.78, 5) is 24.0. The van der Waals surface area contributed by atoms with Crippen LogP contribution in [0.15, 0.2) is 47.1 Å². The summed E-state index contributed by atoms with van der Waals surface area (Å²) in [6, 6.07) is 9.66. The minimum Gasteiger partial charge on any atom is -0.445 e. The number of furan rings is 1. The van der Waals surface area contributed by atoms with Crippen LogP contribution in [-0.2, 0) is 14.6 Å². The number of nitrogens with zero attached hydrogens (tertiary/aromatic N) is 5. The Morgan fingerprint density at radius 1 is 1.14 bits per heavy atom. The minimum absolute atomic E-state index is 0.0169. The summed E-state index contributed by atoms with van der Waals surface area (Å²) in [5.41, 5.74) is 3.93. The molecule has 11 nitrogen and oxygen atoms in total. The Kier molecular flexibility index (Phi) is 6.46. The van der Waals surface area contributed by atoms with Crippen molar-refractivity contribution < 1.29 is 22.4 Å². The highest BCUT2D eigenvalue weighted by molar-refractivity contribution is 7.90. The molecule has 0 saturated carbocycles. The summed E-state index contributed by atoms with van der Waals surface area (Å²) in [6.45, 7) is 4.31. The zero-order chi connectivity index (χ0) is 25.3. The molecular formula is C24H26N6O5S. The lowest BCUT2D eigenvalue weighted by Crippen LogP contribution is -2.37. The number of rotatable bonds is 7. The first kappa shape index (κ1) is 23.9. The van der Waals surface area contributed by atoms with Gasteiger partial charge in [-0.1, -0.05) is 29.8 Å². The molecule has 1 N–H and O–H groups in total. The molecule has 1 fully saturated rings. The van der Waals surface area contributed by atoms with Gasteiger partial charge in [0.15, 0.2) is 17.2 Å². The summed E-state index contributed by atoms with van der Waals surface area (Å²) < 4.78 is 35.7. The fourth-order valence-electron chi connectivity index (χ4n) is 3.95. The lowest BCUT2D eigenvalue weighted by molar-refractivity contribution is 0.0930. The van der Waals surface area contributed by atoms with Crippen LogP contribution in [0.1, 0.15) is 16.1 Å². The first-order valence-electron chi connectivity index (χ1n) is 11.5. The number of sulfone groups is 1. The molecule has 1 aromatic carbocycles. The van der Waals surface area contributed by atoms with Crippen molar-refractivity contribution in [2.75, 3.05) is 49.8 Å². The third kappa shape index (κ3) is 5.24. The fraction of sp³-hybridized carbons (Fsp3) is 0.333. The SMILES string of the molecule is Cc1cccc(-c2cnn(-c3nc(N4CCOCC4)c4oc(C(=O)NCCS(C)(=O)=O)cc4n3)c2)c1. The van der Waals surface area contributed by atoms with Gasteiger partial charge in [0.2, 0.25) is 0 Å². The van der Waals surface area contributed by atoms with Crippen LogP contribution in [0, 0.1) is 6.92 Å². The molecule has 0 bridgehead atoms. The van der Waals surface area contributed by atoms with E-state index >= 15 is 0 Å². The maximum absolute atomic E-state index is 12.6. The third-order valence-electron chi connectivity index (χ3n) is 5.77. The van der Waals surface area contributed by atoms with Gasteiger partial charge in [0, 0.05) is 43.7 Å². The first-order chi connectivity index (χ1) is 17.3. The van der Waals surface area contributed by atoms with Gasteiger partial charge in [-0.25, -0.2) is 18.1 Å². The standard InChI is InChI=1S/C24H26N6O5S/c1-16-4-3-5-17(12-16)18-14-26-30(15-18)24-27-19-13-20(23(31)25-6-11-36(2,32)33)35-21(19)22(28-24)29-7-9-34-10-8-29/h3-5,12-15H,6-11H2,1-2H3,(H,25,31). The van der Waals surface area contributed by atoms with Crippen LogP contribution in [0.5, 0.6) is 0 Å². The number of anilines is 1. The van der Waals surface area contributed by atoms with E-state index in [9.17, 15) is 13.2 Å². The molecule has 0 aliphatic carbocycles. The van der Waals surface area contributed by atoms with E-state index in [1.807, 2.05) is 36.2 Å². The van der Waals surface area contributed by atoms with E-state index in [4.69, 9.17) is 14.1 Å². The number of morpholine rings is 1. The van der Waals surface area contributed by atoms with Crippen LogP contribution in [0.25, 0.3) is 28.2 Å². The lowest BCUT2D eigenvalue weighted by atomic mass is 10.1. The van der Waals surface area contributed by atoms with Crippen molar-refractivity contribution in [3.8, 4) is 17.1 Å². The summed E-state index contributed by atoms with van der Waals surface area (Å²) >= 11 is 0. The average Bonchev–Trinajstić information content (AvgIpc) is 3.51. The molecule has 0 unspecified atom stereocenters. The van der Waals surface area contributed by atoms with Crippen LogP contribution in [0.2, 0.25) is 0 Å². The van der Waals surface area contributed by atoms with Gasteiger partial charge < -0.3 is 19.4 Å². The Balaban J connectivity index is 1.51. The second-order valence-electron chi connectivity index (χ2n) is 8.70. The van der Waals surface area contributed by atoms with Gasteiger partial charge in [-0.05, 0) is 12.5 Å². The smallest absolute Gasteiger partial charge is 0.287 e. The number of benzene rings is 1. The van der Waals surface area contributed by atoms with Crippen molar-refractivity contribution in [2.45, 2.75) is 6.92 Å². The van der Waals surface area contributed by atoms with Crippen LogP contribution in [0.3, 0.4) is 0 Å². The molecule has 1 aliphatic rings. The van der Waals surface area contributed by atoms with Gasteiger partial charge >= 0.3 is 0 Å². The predicted octanol–water partition coefficient (Wildman–Crippen LogP) is 1.99. The predicted molar refractivity (Wildman–Crippen MR) is 134 cm³/mol. The van der Waals surface area contributed by atoms with E-state index in [0.29, 0.717) is 49.2 Å². The Labute approximate surface area is 208 Å². The van der Waals surface area contributed by atoms with E-state index in [-0.39, 0.29) is 18.1 Å². The van der Waals surface area contributed by atoms with Crippen molar-refractivity contribution >= 4 is 32.7 Å². The number of amides is 1. The van der Waals surface area contributed by atoms with Crippen molar-refractivity contribution in [2.24, 2.45) is 0 Å². The number of aromatic nitrogens is 4. The Hall–Kier alpha value is -3.77. The zero-order valence-corrected chi connectivity index (χ0v) is 20.8. The molecule has 1 amide bonds. The molecule has 0 spiro atoms. The summed E-state index contributed by atoms with van der Waals surface area (Å²) in [5, 5.41) is 7.05. The molecule has 1 aliphatic heterocycles. The second kappa shape index (κ2) is 9.70. The minimum atomic E-state index is -3.20. The van der Waals surface area contributed by atoms with Crippen LogP contribution in [-0.4, -0.2) is 78.9 Å². The number of aryl methyl sites for hydroxylation is 1. The van der Waals surface area contributed by atoms with Crippen molar-refractivity contribution in [3.05, 3.63) is 54.0 Å². The Morgan fingerprint density at radius 2 is 1.94 bits per heavy atom. The van der Waals surface area contributed by atoms with E-state index in [1.54, 1.807) is 10.9 Å². The molecule has 4 heterocycles. The Morgan fingerprint density at radius 3 is 2.69 bits per heavy atom. The number of hydrogen-bond donors (Lipinski definition) is 1. The van der Waals surface area contributed by atoms with Crippen LogP contribution < -0.4 is 10.2 Å². The number of carbonyl (C=O) groups excluding carboxylic acids is 1. The molecule has 5 rings (SSSR count). The molecule has 36 heavy (non-hydrogen) atoms. The monoisotopic (exact) mass is 510 g/mol. The molecule has 12 heteroatoms. The van der Waals surface area contributed by atoms with E-state index in [2.05, 4.69) is 21.5 Å². The van der Waals surface area contributed by atoms with E-state index < -0.39 is 15.7 Å². The van der Waals surface area contributed by atoms with Gasteiger partial charge in [0.25, 0.3) is 11.9 Å². The van der Waals surface area contributed by atoms with Gasteiger partial charge in [-0.2, -0.15) is 10.1 Å². The summed E-state index contributed by atoms with van der Waals surface area (Å²) in [7, 11) is -3.20. The van der Waals surface area contributed by atoms with Crippen molar-refractivity contribution in [1.82, 2.24) is 25.1 Å². The fourth-order valence-corrected chi connectivity index (χ4v) is 4.42. The maximum atomic E-state index is 12.6. The molecular weight excluding hydrogens is 484 g/mol. The Bertz CT molecular complexity index is 1520. The van der Waals surface area contributed by atoms with Gasteiger partial charge in [-0.3, -0.25) is 4.79 Å². The summed E-state index contributed by atoms with van der Waals surface area (Å²) in [6.07, 6.45) is 4.73. The molecule has 3 aromatic heterocycles. The molecule has 4 aromatic rings. The first-order valence-corrected chi connectivity index (χ1v) is 13.6. The van der Waals surface area contributed by atoms with Crippen LogP contribution >= 0.6 is 0 Å². The highest BCUT2D eigenvalue weighted by Gasteiger charge is 2.23. The molecule has 1 saturated heterocycles. The van der Waals surface area contributed by atoms with Gasteiger partial charge in [0.1, 0.15) is 15.4 Å². The van der Waals surface area contributed by atoms with Crippen molar-refractivity contribution in [3.63, 3.8) is 0 Å². The second-order valence-corrected chi connectivity index (χ2v) is 11.0. The largest absolute Gasteiger partial charge is 0.445 e. The van der Waals surface area contributed by atoms with Gasteiger partial charge in [0.05, 0.1) is 25.2 Å². The molecule has 188 valence electrons. The lowest BCUT2D eigenvalue weighted by Gasteiger charge is -2.27. The average molecular weight is 511 g/mol.